The Balaban J connectivity index is 1.66. The van der Waals surface area contributed by atoms with Crippen molar-refractivity contribution in [2.24, 2.45) is 0 Å². The van der Waals surface area contributed by atoms with Gasteiger partial charge in [-0.1, -0.05) is 23.5 Å². The molecule has 0 saturated heterocycles. The normalized spacial score (nSPS) is 10.9. The number of para-hydroxylation sites is 1. The van der Waals surface area contributed by atoms with Crippen LogP contribution in [0.4, 0.5) is 5.13 Å². The number of benzene rings is 2. The molecule has 0 radical (unpaired) electrons. The predicted octanol–water partition coefficient (Wildman–Crippen LogP) is 3.44. The van der Waals surface area contributed by atoms with Gasteiger partial charge in [-0.2, -0.15) is 0 Å². The summed E-state index contributed by atoms with van der Waals surface area (Å²) in [7, 11) is 1.31. The summed E-state index contributed by atoms with van der Waals surface area (Å²) >= 11 is 1.19. The van der Waals surface area contributed by atoms with Crippen LogP contribution in [0.2, 0.25) is 0 Å². The van der Waals surface area contributed by atoms with Crippen molar-refractivity contribution in [3.8, 4) is 0 Å². The molecule has 4 aromatic rings. The summed E-state index contributed by atoms with van der Waals surface area (Å²) in [4.78, 5) is 40.9. The number of rotatable bonds is 3. The van der Waals surface area contributed by atoms with Crippen molar-refractivity contribution in [2.45, 2.75) is 0 Å². The highest BCUT2D eigenvalue weighted by molar-refractivity contribution is 7.22. The highest BCUT2D eigenvalue weighted by Gasteiger charge is 2.17. The fourth-order valence-corrected chi connectivity index (χ4v) is 3.52. The Hall–Kier alpha value is -3.52. The largest absolute Gasteiger partial charge is 0.465 e. The zero-order chi connectivity index (χ0) is 19.0. The first-order valence-corrected chi connectivity index (χ1v) is 8.69. The van der Waals surface area contributed by atoms with Gasteiger partial charge < -0.3 is 9.15 Å². The van der Waals surface area contributed by atoms with Crippen LogP contribution in [0.25, 0.3) is 21.2 Å². The first-order valence-electron chi connectivity index (χ1n) is 7.87. The average Bonchev–Trinajstić information content (AvgIpc) is 3.09. The molecule has 2 aromatic heterocycles. The molecule has 8 heteroatoms. The van der Waals surface area contributed by atoms with Crippen LogP contribution >= 0.6 is 11.3 Å². The van der Waals surface area contributed by atoms with E-state index in [0.717, 1.165) is 6.26 Å². The lowest BCUT2D eigenvalue weighted by atomic mass is 10.1. The van der Waals surface area contributed by atoms with Crippen molar-refractivity contribution >= 4 is 49.5 Å². The number of nitrogens with zero attached hydrogens (tertiary/aromatic N) is 1. The van der Waals surface area contributed by atoms with Crippen LogP contribution < -0.4 is 10.7 Å². The molecule has 7 nitrogen and oxygen atoms in total. The molecular weight excluding hydrogens is 368 g/mol. The number of fused-ring (bicyclic) bond motifs is 2. The Kier molecular flexibility index (Phi) is 4.17. The van der Waals surface area contributed by atoms with Crippen LogP contribution in [0, 0.1) is 0 Å². The van der Waals surface area contributed by atoms with E-state index in [0.29, 0.717) is 31.9 Å². The van der Waals surface area contributed by atoms with Gasteiger partial charge in [-0.3, -0.25) is 14.9 Å². The molecule has 0 fully saturated rings. The summed E-state index contributed by atoms with van der Waals surface area (Å²) in [5.74, 6) is -1.06. The van der Waals surface area contributed by atoms with Crippen LogP contribution in [0.15, 0.2) is 57.9 Å². The number of esters is 1. The van der Waals surface area contributed by atoms with Gasteiger partial charge in [0.15, 0.2) is 5.13 Å². The first-order chi connectivity index (χ1) is 13.1. The maximum Gasteiger partial charge on any atom is 0.337 e. The van der Waals surface area contributed by atoms with Gasteiger partial charge in [-0.15, -0.1) is 0 Å². The van der Waals surface area contributed by atoms with E-state index in [1.165, 1.54) is 18.4 Å². The molecule has 0 saturated carbocycles. The van der Waals surface area contributed by atoms with Gasteiger partial charge in [0.1, 0.15) is 17.4 Å². The Morgan fingerprint density at radius 2 is 2.00 bits per heavy atom. The van der Waals surface area contributed by atoms with Crippen molar-refractivity contribution < 1.29 is 18.7 Å². The van der Waals surface area contributed by atoms with Gasteiger partial charge in [0.2, 0.25) is 5.43 Å². The van der Waals surface area contributed by atoms with Gasteiger partial charge in [0, 0.05) is 0 Å². The number of carbonyl (C=O) groups excluding carboxylic acids is 2. The van der Waals surface area contributed by atoms with Crippen molar-refractivity contribution in [1.29, 1.82) is 0 Å². The lowest BCUT2D eigenvalue weighted by molar-refractivity contribution is 0.0601. The van der Waals surface area contributed by atoms with E-state index in [-0.39, 0.29) is 5.56 Å². The third kappa shape index (κ3) is 3.06. The average molecular weight is 380 g/mol. The van der Waals surface area contributed by atoms with E-state index < -0.39 is 17.3 Å². The Bertz CT molecular complexity index is 1260. The zero-order valence-corrected chi connectivity index (χ0v) is 14.8. The minimum atomic E-state index is -0.609. The highest BCUT2D eigenvalue weighted by atomic mass is 32.1. The maximum absolute atomic E-state index is 12.5. The minimum Gasteiger partial charge on any atom is -0.465 e. The minimum absolute atomic E-state index is 0.108. The molecule has 27 heavy (non-hydrogen) atoms. The van der Waals surface area contributed by atoms with Gasteiger partial charge in [-0.25, -0.2) is 9.78 Å². The zero-order valence-electron chi connectivity index (χ0n) is 14.0. The summed E-state index contributed by atoms with van der Waals surface area (Å²) < 4.78 is 10.8. The predicted molar refractivity (Wildman–Crippen MR) is 101 cm³/mol. The molecule has 2 aromatic carbocycles. The third-order valence-corrected chi connectivity index (χ3v) is 4.89. The second-order valence-electron chi connectivity index (χ2n) is 5.62. The first kappa shape index (κ1) is 16.9. The summed E-state index contributed by atoms with van der Waals surface area (Å²) in [6, 6.07) is 11.6. The van der Waals surface area contributed by atoms with Gasteiger partial charge in [0.05, 0.1) is 28.3 Å². The highest BCUT2D eigenvalue weighted by Crippen LogP contribution is 2.27. The third-order valence-electron chi connectivity index (χ3n) is 3.95. The SMILES string of the molecule is COC(=O)c1ccc2nc(NC(=O)c3coc4ccccc4c3=O)sc2c1. The number of aromatic nitrogens is 1. The molecule has 0 bridgehead atoms. The smallest absolute Gasteiger partial charge is 0.337 e. The molecule has 134 valence electrons. The van der Waals surface area contributed by atoms with Crippen LogP contribution in [-0.2, 0) is 4.74 Å². The van der Waals surface area contributed by atoms with Gasteiger partial charge in [-0.05, 0) is 30.3 Å². The quantitative estimate of drug-likeness (QED) is 0.547. The number of nitrogens with one attached hydrogen (secondary N) is 1. The van der Waals surface area contributed by atoms with E-state index >= 15 is 0 Å². The molecular formula is C19H12N2O5S. The van der Waals surface area contributed by atoms with Crippen molar-refractivity contribution in [2.75, 3.05) is 12.4 Å². The summed E-state index contributed by atoms with van der Waals surface area (Å²) in [5.41, 5.74) is 0.899. The lowest BCUT2D eigenvalue weighted by Gasteiger charge is -2.02. The molecule has 0 unspecified atom stereocenters. The number of thiazole rings is 1. The van der Waals surface area contributed by atoms with E-state index in [2.05, 4.69) is 10.3 Å². The Morgan fingerprint density at radius 1 is 1.19 bits per heavy atom. The Labute approximate surface area is 156 Å². The summed E-state index contributed by atoms with van der Waals surface area (Å²) in [6.45, 7) is 0. The van der Waals surface area contributed by atoms with E-state index in [9.17, 15) is 14.4 Å². The maximum atomic E-state index is 12.5. The number of hydrogen-bond acceptors (Lipinski definition) is 7. The molecule has 4 rings (SSSR count). The van der Waals surface area contributed by atoms with Gasteiger partial charge >= 0.3 is 5.97 Å². The molecule has 1 amide bonds. The van der Waals surface area contributed by atoms with E-state index in [1.54, 1.807) is 42.5 Å². The Morgan fingerprint density at radius 3 is 2.81 bits per heavy atom. The second-order valence-corrected chi connectivity index (χ2v) is 6.65. The molecule has 1 N–H and O–H groups in total. The van der Waals surface area contributed by atoms with Crippen molar-refractivity contribution in [1.82, 2.24) is 4.98 Å². The molecule has 0 spiro atoms. The number of anilines is 1. The number of carbonyl (C=O) groups is 2. The van der Waals surface area contributed by atoms with Crippen LogP contribution in [0.3, 0.4) is 0 Å². The number of methoxy groups -OCH3 is 1. The van der Waals surface area contributed by atoms with E-state index in [4.69, 9.17) is 9.15 Å². The summed E-state index contributed by atoms with van der Waals surface area (Å²) in [6.07, 6.45) is 1.14. The summed E-state index contributed by atoms with van der Waals surface area (Å²) in [5, 5.41) is 3.25. The fraction of sp³-hybridized carbons (Fsp3) is 0.0526. The fourth-order valence-electron chi connectivity index (χ4n) is 2.62. The molecule has 0 aliphatic carbocycles. The monoisotopic (exact) mass is 380 g/mol. The number of ether oxygens (including phenoxy) is 1. The molecule has 0 atom stereocenters. The van der Waals surface area contributed by atoms with E-state index in [1.807, 2.05) is 0 Å². The van der Waals surface area contributed by atoms with Crippen LogP contribution in [0.5, 0.6) is 0 Å². The molecule has 0 aliphatic heterocycles. The van der Waals surface area contributed by atoms with Crippen molar-refractivity contribution in [3.63, 3.8) is 0 Å². The number of hydrogen-bond donors (Lipinski definition) is 1. The van der Waals surface area contributed by atoms with Gasteiger partial charge in [0.25, 0.3) is 5.91 Å². The second kappa shape index (κ2) is 6.65. The topological polar surface area (TPSA) is 98.5 Å². The van der Waals surface area contributed by atoms with Crippen LogP contribution in [0.1, 0.15) is 20.7 Å². The lowest BCUT2D eigenvalue weighted by Crippen LogP contribution is -2.21. The van der Waals surface area contributed by atoms with Crippen molar-refractivity contribution in [3.05, 3.63) is 70.1 Å². The van der Waals surface area contributed by atoms with Crippen LogP contribution in [-0.4, -0.2) is 24.0 Å². The number of amides is 1. The standard InChI is InChI=1S/C19H12N2O5S/c1-25-18(24)10-6-7-13-15(8-10)27-19(20-13)21-17(23)12-9-26-14-5-3-2-4-11(14)16(12)22/h2-9H,1H3,(H,20,21,23). The molecule has 0 aliphatic rings. The molecule has 2 heterocycles.